The minimum absolute atomic E-state index is 0.0718. The number of carbonyl (C=O) groups is 1. The maximum Gasteiger partial charge on any atom is 0.169 e. The standard InChI is InChI=1S/C30H32O7/c1-11(2)16-9-17-14(6)23(25(32)15(7)22(17)30(37)26(16)33)21-13(5)8-18-20(12(3)4)29(36)27(34)19(10-31)24(18)28(21)35/h8-12,32-37H,1-7H3. The van der Waals surface area contributed by atoms with E-state index in [9.17, 15) is 35.4 Å². The van der Waals surface area contributed by atoms with Gasteiger partial charge in [-0.1, -0.05) is 33.8 Å². The monoisotopic (exact) mass is 504 g/mol. The molecule has 0 saturated carbocycles. The van der Waals surface area contributed by atoms with Crippen LogP contribution in [-0.4, -0.2) is 36.9 Å². The number of fused-ring (bicyclic) bond motifs is 2. The molecule has 0 spiro atoms. The van der Waals surface area contributed by atoms with Crippen LogP contribution in [0.5, 0.6) is 34.5 Å². The number of carbonyl (C=O) groups excluding carboxylic acids is 1. The van der Waals surface area contributed by atoms with Crippen LogP contribution in [0.3, 0.4) is 0 Å². The highest BCUT2D eigenvalue weighted by molar-refractivity contribution is 6.12. The smallest absolute Gasteiger partial charge is 0.169 e. The molecule has 194 valence electrons. The molecule has 0 fully saturated rings. The molecule has 0 heterocycles. The minimum atomic E-state index is -0.617. The maximum atomic E-state index is 12.0. The van der Waals surface area contributed by atoms with Gasteiger partial charge in [0.05, 0.1) is 5.56 Å². The lowest BCUT2D eigenvalue weighted by molar-refractivity contribution is 0.112. The molecule has 4 rings (SSSR count). The van der Waals surface area contributed by atoms with E-state index in [0.717, 1.165) is 0 Å². The molecule has 4 aromatic rings. The Hall–Kier alpha value is -4.13. The summed E-state index contributed by atoms with van der Waals surface area (Å²) in [7, 11) is 0. The normalized spacial score (nSPS) is 11.8. The minimum Gasteiger partial charge on any atom is -0.507 e. The molecule has 0 aliphatic heterocycles. The topological polar surface area (TPSA) is 138 Å². The number of aldehydes is 1. The molecule has 7 nitrogen and oxygen atoms in total. The molecule has 0 aliphatic carbocycles. The average molecular weight is 505 g/mol. The van der Waals surface area contributed by atoms with Crippen molar-refractivity contribution in [1.29, 1.82) is 0 Å². The van der Waals surface area contributed by atoms with E-state index in [-0.39, 0.29) is 51.3 Å². The van der Waals surface area contributed by atoms with E-state index in [1.807, 2.05) is 27.7 Å². The molecular formula is C30H32O7. The fraction of sp³-hybridized carbons (Fsp3) is 0.300. The van der Waals surface area contributed by atoms with Gasteiger partial charge >= 0.3 is 0 Å². The van der Waals surface area contributed by atoms with Gasteiger partial charge in [-0.15, -0.1) is 0 Å². The van der Waals surface area contributed by atoms with Gasteiger partial charge in [0.1, 0.15) is 11.5 Å². The van der Waals surface area contributed by atoms with Crippen LogP contribution in [0.1, 0.15) is 77.7 Å². The first-order chi connectivity index (χ1) is 17.3. The van der Waals surface area contributed by atoms with Gasteiger partial charge in [0.2, 0.25) is 0 Å². The second kappa shape index (κ2) is 8.76. The molecule has 0 amide bonds. The van der Waals surface area contributed by atoms with Gasteiger partial charge in [0.25, 0.3) is 0 Å². The third kappa shape index (κ3) is 3.52. The first-order valence-electron chi connectivity index (χ1n) is 12.2. The third-order valence-corrected chi connectivity index (χ3v) is 7.41. The fourth-order valence-electron chi connectivity index (χ4n) is 5.52. The number of aromatic hydroxyl groups is 6. The van der Waals surface area contributed by atoms with E-state index >= 15 is 0 Å². The molecule has 0 saturated heterocycles. The van der Waals surface area contributed by atoms with Crippen molar-refractivity contribution in [3.05, 3.63) is 45.5 Å². The maximum absolute atomic E-state index is 12.0. The zero-order valence-electron chi connectivity index (χ0n) is 22.0. The molecule has 0 bridgehead atoms. The van der Waals surface area contributed by atoms with Crippen LogP contribution < -0.4 is 0 Å². The zero-order valence-corrected chi connectivity index (χ0v) is 22.0. The zero-order chi connectivity index (χ0) is 27.7. The summed E-state index contributed by atoms with van der Waals surface area (Å²) >= 11 is 0. The highest BCUT2D eigenvalue weighted by Crippen LogP contribution is 2.54. The van der Waals surface area contributed by atoms with Crippen molar-refractivity contribution in [2.75, 3.05) is 0 Å². The molecule has 7 heteroatoms. The number of hydrogen-bond acceptors (Lipinski definition) is 7. The van der Waals surface area contributed by atoms with Crippen LogP contribution in [0, 0.1) is 20.8 Å². The molecule has 4 aromatic carbocycles. The summed E-state index contributed by atoms with van der Waals surface area (Å²) < 4.78 is 0. The fourth-order valence-corrected chi connectivity index (χ4v) is 5.52. The third-order valence-electron chi connectivity index (χ3n) is 7.41. The second-order valence-corrected chi connectivity index (χ2v) is 10.4. The Bertz CT molecular complexity index is 1630. The summed E-state index contributed by atoms with van der Waals surface area (Å²) in [6.45, 7) is 12.5. The lowest BCUT2D eigenvalue weighted by atomic mass is 9.83. The number of benzene rings is 4. The second-order valence-electron chi connectivity index (χ2n) is 10.4. The van der Waals surface area contributed by atoms with Gasteiger partial charge in [0, 0.05) is 38.6 Å². The quantitative estimate of drug-likeness (QED) is 0.132. The Kier molecular flexibility index (Phi) is 6.15. The number of hydrogen-bond donors (Lipinski definition) is 6. The predicted molar refractivity (Wildman–Crippen MR) is 145 cm³/mol. The molecule has 0 radical (unpaired) electrons. The van der Waals surface area contributed by atoms with Crippen LogP contribution in [0.2, 0.25) is 0 Å². The number of phenols is 6. The van der Waals surface area contributed by atoms with Crippen LogP contribution in [0.15, 0.2) is 12.1 Å². The Labute approximate surface area is 214 Å². The highest BCUT2D eigenvalue weighted by atomic mass is 16.3. The average Bonchev–Trinajstić information content (AvgIpc) is 2.82. The summed E-state index contributed by atoms with van der Waals surface area (Å²) in [5.74, 6) is -2.44. The lowest BCUT2D eigenvalue weighted by Gasteiger charge is -2.23. The molecule has 37 heavy (non-hydrogen) atoms. The van der Waals surface area contributed by atoms with Crippen molar-refractivity contribution >= 4 is 27.8 Å². The van der Waals surface area contributed by atoms with Gasteiger partial charge in [-0.3, -0.25) is 4.79 Å². The van der Waals surface area contributed by atoms with Crippen molar-refractivity contribution in [2.24, 2.45) is 0 Å². The number of phenolic OH excluding ortho intramolecular Hbond substituents is 6. The Morgan fingerprint density at radius 1 is 0.622 bits per heavy atom. The van der Waals surface area contributed by atoms with Crippen molar-refractivity contribution in [3.63, 3.8) is 0 Å². The van der Waals surface area contributed by atoms with Gasteiger partial charge in [-0.2, -0.15) is 0 Å². The molecule has 6 N–H and O–H groups in total. The first kappa shape index (κ1) is 25.9. The van der Waals surface area contributed by atoms with Crippen molar-refractivity contribution < 1.29 is 35.4 Å². The Morgan fingerprint density at radius 2 is 1.24 bits per heavy atom. The van der Waals surface area contributed by atoms with E-state index in [2.05, 4.69) is 0 Å². The summed E-state index contributed by atoms with van der Waals surface area (Å²) in [6.07, 6.45) is 0.383. The lowest BCUT2D eigenvalue weighted by Crippen LogP contribution is -2.00. The number of rotatable bonds is 4. The molecule has 0 unspecified atom stereocenters. The Morgan fingerprint density at radius 3 is 1.78 bits per heavy atom. The Balaban J connectivity index is 2.25. The van der Waals surface area contributed by atoms with E-state index < -0.39 is 11.5 Å². The summed E-state index contributed by atoms with van der Waals surface area (Å²) in [4.78, 5) is 12.0. The summed E-state index contributed by atoms with van der Waals surface area (Å²) in [5, 5.41) is 67.0. The largest absolute Gasteiger partial charge is 0.507 e. The van der Waals surface area contributed by atoms with Gasteiger partial charge in [0.15, 0.2) is 29.3 Å². The van der Waals surface area contributed by atoms with Crippen molar-refractivity contribution in [2.45, 2.75) is 60.3 Å². The molecule has 0 aromatic heterocycles. The highest BCUT2D eigenvalue weighted by Gasteiger charge is 2.29. The van der Waals surface area contributed by atoms with Crippen LogP contribution in [0.4, 0.5) is 0 Å². The van der Waals surface area contributed by atoms with Crippen molar-refractivity contribution in [1.82, 2.24) is 0 Å². The summed E-state index contributed by atoms with van der Waals surface area (Å²) in [6, 6.07) is 3.49. The van der Waals surface area contributed by atoms with Gasteiger partial charge in [-0.05, 0) is 60.6 Å². The van der Waals surface area contributed by atoms with Crippen LogP contribution in [0.25, 0.3) is 32.7 Å². The summed E-state index contributed by atoms with van der Waals surface area (Å²) in [5.41, 5.74) is 2.66. The molecular weight excluding hydrogens is 472 g/mol. The number of aryl methyl sites for hydroxylation is 3. The SMILES string of the molecule is Cc1cc2c(C(C)C)c(O)c(O)c(C=O)c2c(O)c1-c1c(O)c(C)c2c(O)c(O)c(C(C)C)cc2c1C. The molecule has 0 aliphatic rings. The van der Waals surface area contributed by atoms with Gasteiger partial charge < -0.3 is 30.6 Å². The molecule has 0 atom stereocenters. The van der Waals surface area contributed by atoms with E-state index in [1.54, 1.807) is 32.9 Å². The van der Waals surface area contributed by atoms with Crippen LogP contribution in [-0.2, 0) is 0 Å². The van der Waals surface area contributed by atoms with E-state index in [1.165, 1.54) is 0 Å². The first-order valence-corrected chi connectivity index (χ1v) is 12.2. The predicted octanol–water partition coefficient (Wildman–Crippen LogP) is 6.88. The van der Waals surface area contributed by atoms with E-state index in [4.69, 9.17) is 0 Å². The van der Waals surface area contributed by atoms with Gasteiger partial charge in [-0.25, -0.2) is 0 Å². The van der Waals surface area contributed by atoms with Crippen molar-refractivity contribution in [3.8, 4) is 45.6 Å². The van der Waals surface area contributed by atoms with E-state index in [0.29, 0.717) is 55.8 Å². The van der Waals surface area contributed by atoms with Crippen LogP contribution >= 0.6 is 0 Å².